The van der Waals surface area contributed by atoms with Gasteiger partial charge in [-0.25, -0.2) is 4.98 Å². The molecule has 0 unspecified atom stereocenters. The summed E-state index contributed by atoms with van der Waals surface area (Å²) in [5, 5.41) is 0.960. The molecule has 3 aromatic rings. The third kappa shape index (κ3) is 2.64. The second-order valence-corrected chi connectivity index (χ2v) is 5.08. The van der Waals surface area contributed by atoms with Gasteiger partial charge < -0.3 is 4.57 Å². The van der Waals surface area contributed by atoms with E-state index in [-0.39, 0.29) is 5.78 Å². The molecule has 0 bridgehead atoms. The number of aromatic nitrogens is 2. The van der Waals surface area contributed by atoms with Crippen molar-refractivity contribution in [3.05, 3.63) is 65.6 Å². The van der Waals surface area contributed by atoms with E-state index < -0.39 is 0 Å². The van der Waals surface area contributed by atoms with Gasteiger partial charge in [0.25, 0.3) is 0 Å². The number of hydrogen-bond acceptors (Lipinski definition) is 2. The van der Waals surface area contributed by atoms with E-state index in [0.29, 0.717) is 0 Å². The summed E-state index contributed by atoms with van der Waals surface area (Å²) in [5.74, 6) is 6.23. The molecule has 108 valence electrons. The Hall–Kier alpha value is -2.86. The maximum atomic E-state index is 11.8. The first kappa shape index (κ1) is 14.1. The number of aryl methyl sites for hydroxylation is 1. The minimum atomic E-state index is 0.0760. The van der Waals surface area contributed by atoms with Crippen LogP contribution < -0.4 is 0 Å². The second kappa shape index (κ2) is 5.87. The monoisotopic (exact) mass is 288 g/mol. The Kier molecular flexibility index (Phi) is 3.76. The lowest BCUT2D eigenvalue weighted by Crippen LogP contribution is -1.91. The van der Waals surface area contributed by atoms with E-state index in [4.69, 9.17) is 0 Å². The number of hydrogen-bond donors (Lipinski definition) is 0. The SMILES string of the molecule is CCn1cc(C(C)=O)c2cc(C#Cc3ccccn3)ccc21. The van der Waals surface area contributed by atoms with Crippen molar-refractivity contribution in [2.75, 3.05) is 0 Å². The molecular weight excluding hydrogens is 272 g/mol. The van der Waals surface area contributed by atoms with E-state index in [1.54, 1.807) is 13.1 Å². The number of ketones is 1. The third-order valence-corrected chi connectivity index (χ3v) is 3.60. The second-order valence-electron chi connectivity index (χ2n) is 5.08. The van der Waals surface area contributed by atoms with Crippen LogP contribution in [0.1, 0.15) is 35.5 Å². The summed E-state index contributed by atoms with van der Waals surface area (Å²) < 4.78 is 2.09. The van der Waals surface area contributed by atoms with Crippen molar-refractivity contribution in [1.29, 1.82) is 0 Å². The number of nitrogens with zero attached hydrogens (tertiary/aromatic N) is 2. The van der Waals surface area contributed by atoms with Gasteiger partial charge in [0.15, 0.2) is 5.78 Å². The zero-order valence-electron chi connectivity index (χ0n) is 12.6. The first-order valence-electron chi connectivity index (χ1n) is 7.26. The predicted octanol–water partition coefficient (Wildman–Crippen LogP) is 3.66. The van der Waals surface area contributed by atoms with E-state index in [1.165, 1.54) is 0 Å². The van der Waals surface area contributed by atoms with Gasteiger partial charge in [-0.2, -0.15) is 0 Å². The highest BCUT2D eigenvalue weighted by Gasteiger charge is 2.11. The van der Waals surface area contributed by atoms with Gasteiger partial charge in [-0.15, -0.1) is 0 Å². The largest absolute Gasteiger partial charge is 0.347 e. The summed E-state index contributed by atoms with van der Waals surface area (Å²) in [4.78, 5) is 16.0. The Morgan fingerprint density at radius 1 is 1.23 bits per heavy atom. The van der Waals surface area contributed by atoms with E-state index in [9.17, 15) is 4.79 Å². The van der Waals surface area contributed by atoms with Crippen molar-refractivity contribution in [3.8, 4) is 11.8 Å². The van der Waals surface area contributed by atoms with Crippen LogP contribution in [0, 0.1) is 11.8 Å². The highest BCUT2D eigenvalue weighted by atomic mass is 16.1. The molecule has 3 nitrogen and oxygen atoms in total. The summed E-state index contributed by atoms with van der Waals surface area (Å²) in [5.41, 5.74) is 3.43. The van der Waals surface area contributed by atoms with Gasteiger partial charge in [0.1, 0.15) is 5.69 Å². The average molecular weight is 288 g/mol. The summed E-state index contributed by atoms with van der Waals surface area (Å²) in [6.07, 6.45) is 3.64. The van der Waals surface area contributed by atoms with Crippen LogP contribution >= 0.6 is 0 Å². The molecule has 22 heavy (non-hydrogen) atoms. The molecular formula is C19H16N2O. The van der Waals surface area contributed by atoms with Crippen molar-refractivity contribution in [1.82, 2.24) is 9.55 Å². The fourth-order valence-corrected chi connectivity index (χ4v) is 2.49. The molecule has 3 heteroatoms. The molecule has 2 heterocycles. The lowest BCUT2D eigenvalue weighted by atomic mass is 10.1. The lowest BCUT2D eigenvalue weighted by Gasteiger charge is -2.00. The van der Waals surface area contributed by atoms with Gasteiger partial charge in [0, 0.05) is 41.0 Å². The topological polar surface area (TPSA) is 34.9 Å². The van der Waals surface area contributed by atoms with Crippen LogP contribution in [0.15, 0.2) is 48.8 Å². The maximum Gasteiger partial charge on any atom is 0.161 e. The molecule has 0 atom stereocenters. The normalized spacial score (nSPS) is 10.3. The number of carbonyl (C=O) groups is 1. The fourth-order valence-electron chi connectivity index (χ4n) is 2.49. The van der Waals surface area contributed by atoms with Crippen LogP contribution in [-0.4, -0.2) is 15.3 Å². The van der Waals surface area contributed by atoms with Crippen molar-refractivity contribution < 1.29 is 4.79 Å². The molecule has 0 aliphatic carbocycles. The number of Topliss-reactive ketones (excluding diaryl/α,β-unsaturated/α-hetero) is 1. The van der Waals surface area contributed by atoms with Gasteiger partial charge in [-0.1, -0.05) is 12.0 Å². The van der Waals surface area contributed by atoms with Crippen molar-refractivity contribution >= 4 is 16.7 Å². The van der Waals surface area contributed by atoms with Gasteiger partial charge in [0.2, 0.25) is 0 Å². The van der Waals surface area contributed by atoms with E-state index in [1.807, 2.05) is 42.6 Å². The Bertz CT molecular complexity index is 896. The first-order chi connectivity index (χ1) is 10.7. The van der Waals surface area contributed by atoms with Crippen LogP contribution in [0.5, 0.6) is 0 Å². The molecule has 0 N–H and O–H groups in total. The molecule has 2 aromatic heterocycles. The molecule has 0 saturated heterocycles. The van der Waals surface area contributed by atoms with Crippen molar-refractivity contribution in [3.63, 3.8) is 0 Å². The third-order valence-electron chi connectivity index (χ3n) is 3.60. The summed E-state index contributed by atoms with van der Waals surface area (Å²) in [7, 11) is 0. The summed E-state index contributed by atoms with van der Waals surface area (Å²) >= 11 is 0. The highest BCUT2D eigenvalue weighted by Crippen LogP contribution is 2.23. The number of benzene rings is 1. The van der Waals surface area contributed by atoms with Crippen LogP contribution in [0.2, 0.25) is 0 Å². The Morgan fingerprint density at radius 2 is 2.09 bits per heavy atom. The van der Waals surface area contributed by atoms with Gasteiger partial charge in [-0.05, 0) is 50.1 Å². The predicted molar refractivity (Wildman–Crippen MR) is 87.8 cm³/mol. The van der Waals surface area contributed by atoms with E-state index >= 15 is 0 Å². The maximum absolute atomic E-state index is 11.8. The Balaban J connectivity index is 2.08. The van der Waals surface area contributed by atoms with Gasteiger partial charge in [-0.3, -0.25) is 4.79 Å². The summed E-state index contributed by atoms with van der Waals surface area (Å²) in [6.45, 7) is 4.50. The zero-order valence-corrected chi connectivity index (χ0v) is 12.6. The molecule has 0 spiro atoms. The average Bonchev–Trinajstić information content (AvgIpc) is 2.92. The van der Waals surface area contributed by atoms with Gasteiger partial charge in [0.05, 0.1) is 0 Å². The fraction of sp³-hybridized carbons (Fsp3) is 0.158. The van der Waals surface area contributed by atoms with Crippen LogP contribution in [0.3, 0.4) is 0 Å². The molecule has 0 aliphatic heterocycles. The highest BCUT2D eigenvalue weighted by molar-refractivity contribution is 6.07. The first-order valence-corrected chi connectivity index (χ1v) is 7.26. The number of carbonyl (C=O) groups excluding carboxylic acids is 1. The summed E-state index contributed by atoms with van der Waals surface area (Å²) in [6, 6.07) is 11.6. The quantitative estimate of drug-likeness (QED) is 0.533. The number of pyridine rings is 1. The minimum Gasteiger partial charge on any atom is -0.347 e. The van der Waals surface area contributed by atoms with Crippen molar-refractivity contribution in [2.45, 2.75) is 20.4 Å². The Morgan fingerprint density at radius 3 is 2.77 bits per heavy atom. The van der Waals surface area contributed by atoms with Gasteiger partial charge >= 0.3 is 0 Å². The smallest absolute Gasteiger partial charge is 0.161 e. The van der Waals surface area contributed by atoms with Crippen LogP contribution in [0.25, 0.3) is 10.9 Å². The van der Waals surface area contributed by atoms with Crippen LogP contribution in [0.4, 0.5) is 0 Å². The standard InChI is InChI=1S/C19H16N2O/c1-3-21-13-18(14(2)22)17-12-15(8-10-19(17)21)7-9-16-6-4-5-11-20-16/h4-6,8,10-13H,3H2,1-2H3. The number of rotatable bonds is 2. The van der Waals surface area contributed by atoms with E-state index in [0.717, 1.165) is 34.3 Å². The van der Waals surface area contributed by atoms with Crippen molar-refractivity contribution in [2.24, 2.45) is 0 Å². The van der Waals surface area contributed by atoms with Crippen LogP contribution in [-0.2, 0) is 6.54 Å². The molecule has 0 radical (unpaired) electrons. The molecule has 0 saturated carbocycles. The zero-order chi connectivity index (χ0) is 15.5. The van der Waals surface area contributed by atoms with E-state index in [2.05, 4.69) is 28.3 Å². The Labute approximate surface area is 129 Å². The molecule has 0 aliphatic rings. The lowest BCUT2D eigenvalue weighted by molar-refractivity contribution is 0.101. The molecule has 1 aromatic carbocycles. The molecule has 3 rings (SSSR count). The molecule has 0 fully saturated rings. The minimum absolute atomic E-state index is 0.0760. The number of fused-ring (bicyclic) bond motifs is 1. The molecule has 0 amide bonds.